The summed E-state index contributed by atoms with van der Waals surface area (Å²) >= 11 is 1.72. The van der Waals surface area contributed by atoms with Crippen molar-refractivity contribution < 1.29 is 4.79 Å². The van der Waals surface area contributed by atoms with Gasteiger partial charge < -0.3 is 15.2 Å². The van der Waals surface area contributed by atoms with Crippen LogP contribution in [0.25, 0.3) is 15.9 Å². The lowest BCUT2D eigenvalue weighted by molar-refractivity contribution is 0.0675. The van der Waals surface area contributed by atoms with Crippen molar-refractivity contribution in [3.05, 3.63) is 47.4 Å². The number of piperidine rings is 1. The maximum atomic E-state index is 13.0. The molecule has 7 nitrogen and oxygen atoms in total. The van der Waals surface area contributed by atoms with Gasteiger partial charge in [0.1, 0.15) is 4.83 Å². The molecule has 28 heavy (non-hydrogen) atoms. The third-order valence-electron chi connectivity index (χ3n) is 5.87. The fourth-order valence-corrected chi connectivity index (χ4v) is 5.06. The summed E-state index contributed by atoms with van der Waals surface area (Å²) in [6, 6.07) is 5.65. The van der Waals surface area contributed by atoms with E-state index < -0.39 is 0 Å². The van der Waals surface area contributed by atoms with Gasteiger partial charge in [-0.25, -0.2) is 9.97 Å². The van der Waals surface area contributed by atoms with E-state index in [1.54, 1.807) is 17.7 Å². The summed E-state index contributed by atoms with van der Waals surface area (Å²) in [6.45, 7) is 3.73. The number of rotatable bonds is 3. The summed E-state index contributed by atoms with van der Waals surface area (Å²) in [5.74, 6) is 0.958. The molecule has 0 spiro atoms. The van der Waals surface area contributed by atoms with Crippen molar-refractivity contribution in [2.24, 2.45) is 0 Å². The number of thiazole rings is 1. The first-order valence-corrected chi connectivity index (χ1v) is 10.3. The van der Waals surface area contributed by atoms with E-state index >= 15 is 0 Å². The molecule has 144 valence electrons. The smallest absolute Gasteiger partial charge is 0.253 e. The second kappa shape index (κ2) is 6.34. The average molecular weight is 395 g/mol. The molecular weight excluding hydrogens is 372 g/mol. The average Bonchev–Trinajstić information content (AvgIpc) is 3.43. The lowest BCUT2D eigenvalue weighted by Gasteiger charge is -2.38. The van der Waals surface area contributed by atoms with E-state index in [1.165, 1.54) is 4.83 Å². The summed E-state index contributed by atoms with van der Waals surface area (Å²) in [5.41, 5.74) is 3.58. The van der Waals surface area contributed by atoms with E-state index in [0.717, 1.165) is 48.6 Å². The zero-order valence-corrected chi connectivity index (χ0v) is 16.7. The molecule has 0 unspecified atom stereocenters. The number of fused-ring (bicyclic) bond motifs is 2. The molecule has 0 saturated carbocycles. The Balaban J connectivity index is 1.37. The molecule has 1 amide bonds. The van der Waals surface area contributed by atoms with Gasteiger partial charge in [-0.15, -0.1) is 11.3 Å². The second-order valence-corrected chi connectivity index (χ2v) is 8.49. The van der Waals surface area contributed by atoms with Crippen LogP contribution >= 0.6 is 11.3 Å². The lowest BCUT2D eigenvalue weighted by atomic mass is 9.77. The molecular formula is C20H22N6OS. The van der Waals surface area contributed by atoms with E-state index in [2.05, 4.69) is 38.2 Å². The molecule has 1 fully saturated rings. The van der Waals surface area contributed by atoms with E-state index in [0.29, 0.717) is 5.56 Å². The normalized spacial score (nSPS) is 16.7. The van der Waals surface area contributed by atoms with Crippen LogP contribution in [0.5, 0.6) is 0 Å². The maximum Gasteiger partial charge on any atom is 0.253 e. The van der Waals surface area contributed by atoms with Gasteiger partial charge in [0.25, 0.3) is 5.91 Å². The third-order valence-corrected chi connectivity index (χ3v) is 6.74. The molecule has 5 rings (SSSR count). The highest BCUT2D eigenvalue weighted by Crippen LogP contribution is 2.39. The van der Waals surface area contributed by atoms with Crippen molar-refractivity contribution in [2.75, 3.05) is 25.5 Å². The Hall–Kier alpha value is -2.87. The maximum absolute atomic E-state index is 13.0. The first-order chi connectivity index (χ1) is 13.6. The number of hydrogen-bond donors (Lipinski definition) is 2. The van der Waals surface area contributed by atoms with Crippen LogP contribution in [-0.4, -0.2) is 50.3 Å². The van der Waals surface area contributed by atoms with Gasteiger partial charge in [-0.05, 0) is 31.0 Å². The predicted octanol–water partition coefficient (Wildman–Crippen LogP) is 3.51. The van der Waals surface area contributed by atoms with Gasteiger partial charge in [0.05, 0.1) is 23.1 Å². The number of hydrogen-bond acceptors (Lipinski definition) is 5. The van der Waals surface area contributed by atoms with Gasteiger partial charge >= 0.3 is 0 Å². The van der Waals surface area contributed by atoms with Crippen molar-refractivity contribution in [2.45, 2.75) is 25.2 Å². The number of carbonyl (C=O) groups excluding carboxylic acids is 1. The highest BCUT2D eigenvalue weighted by Gasteiger charge is 2.37. The van der Waals surface area contributed by atoms with Crippen molar-refractivity contribution in [1.82, 2.24) is 24.3 Å². The molecule has 1 aromatic carbocycles. The van der Waals surface area contributed by atoms with Crippen LogP contribution in [0.15, 0.2) is 36.1 Å². The minimum atomic E-state index is -0.0324. The molecule has 3 aromatic heterocycles. The molecule has 1 aliphatic rings. The SMILES string of the molecule is CNc1nc(C2(C)CCN(C(=O)c3ccc4nc[nH]c4c3)CC2)c2sccn12. The molecule has 0 bridgehead atoms. The van der Waals surface area contributed by atoms with Crippen molar-refractivity contribution in [1.29, 1.82) is 0 Å². The number of carbonyl (C=O) groups is 1. The number of anilines is 1. The van der Waals surface area contributed by atoms with E-state index in [9.17, 15) is 4.79 Å². The van der Waals surface area contributed by atoms with Gasteiger partial charge in [0.2, 0.25) is 5.95 Å². The number of nitrogens with one attached hydrogen (secondary N) is 2. The molecule has 2 N–H and O–H groups in total. The Kier molecular flexibility index (Phi) is 3.90. The summed E-state index contributed by atoms with van der Waals surface area (Å²) in [5, 5.41) is 5.27. The van der Waals surface area contributed by atoms with Crippen LogP contribution in [0.3, 0.4) is 0 Å². The number of nitrogens with zero attached hydrogens (tertiary/aromatic N) is 4. The Morgan fingerprint density at radius 3 is 2.93 bits per heavy atom. The summed E-state index contributed by atoms with van der Waals surface area (Å²) in [4.78, 5) is 28.3. The Labute approximate surface area is 166 Å². The Morgan fingerprint density at radius 1 is 1.32 bits per heavy atom. The van der Waals surface area contributed by atoms with Gasteiger partial charge in [0.15, 0.2) is 0 Å². The van der Waals surface area contributed by atoms with E-state index in [-0.39, 0.29) is 11.3 Å². The quantitative estimate of drug-likeness (QED) is 0.557. The van der Waals surface area contributed by atoms with Crippen LogP contribution in [0.2, 0.25) is 0 Å². The first kappa shape index (κ1) is 17.2. The fraction of sp³-hybridized carbons (Fsp3) is 0.350. The van der Waals surface area contributed by atoms with Gasteiger partial charge in [-0.3, -0.25) is 9.20 Å². The van der Waals surface area contributed by atoms with Crippen LogP contribution in [0, 0.1) is 0 Å². The number of amides is 1. The first-order valence-electron chi connectivity index (χ1n) is 9.45. The number of likely N-dealkylation sites (tertiary alicyclic amines) is 1. The Bertz CT molecular complexity index is 1160. The molecule has 0 aliphatic carbocycles. The predicted molar refractivity (Wildman–Crippen MR) is 111 cm³/mol. The molecule has 0 atom stereocenters. The molecule has 1 saturated heterocycles. The van der Waals surface area contributed by atoms with Gasteiger partial charge in [-0.2, -0.15) is 0 Å². The number of benzene rings is 1. The monoisotopic (exact) mass is 394 g/mol. The van der Waals surface area contributed by atoms with Crippen LogP contribution < -0.4 is 5.32 Å². The largest absolute Gasteiger partial charge is 0.358 e. The third kappa shape index (κ3) is 2.59. The highest BCUT2D eigenvalue weighted by atomic mass is 32.1. The lowest BCUT2D eigenvalue weighted by Crippen LogP contribution is -2.44. The number of H-pyrrole nitrogens is 1. The molecule has 1 aliphatic heterocycles. The zero-order chi connectivity index (χ0) is 19.3. The van der Waals surface area contributed by atoms with Gasteiger partial charge in [0, 0.05) is 42.7 Å². The zero-order valence-electron chi connectivity index (χ0n) is 15.9. The van der Waals surface area contributed by atoms with Crippen LogP contribution in [-0.2, 0) is 5.41 Å². The summed E-state index contributed by atoms with van der Waals surface area (Å²) in [7, 11) is 1.90. The number of aromatic amines is 1. The van der Waals surface area contributed by atoms with E-state index in [4.69, 9.17) is 4.98 Å². The molecule has 4 aromatic rings. The molecule has 8 heteroatoms. The second-order valence-electron chi connectivity index (χ2n) is 7.60. The summed E-state index contributed by atoms with van der Waals surface area (Å²) < 4.78 is 2.11. The summed E-state index contributed by atoms with van der Waals surface area (Å²) in [6.07, 6.45) is 5.51. The minimum absolute atomic E-state index is 0.0324. The number of imidazole rings is 2. The standard InChI is InChI=1S/C20H22N6OS/c1-20(16-18-26(9-10-28-18)19(21-2)24-16)5-7-25(8-6-20)17(27)13-3-4-14-15(11-13)23-12-22-14/h3-4,9-12H,5-8H2,1-2H3,(H,21,24)(H,22,23). The minimum Gasteiger partial charge on any atom is -0.358 e. The fourth-order valence-electron chi connectivity index (χ4n) is 4.09. The number of aromatic nitrogens is 4. The van der Waals surface area contributed by atoms with Crippen molar-refractivity contribution >= 4 is 39.1 Å². The molecule has 0 radical (unpaired) electrons. The van der Waals surface area contributed by atoms with Crippen molar-refractivity contribution in [3.8, 4) is 0 Å². The molecule has 4 heterocycles. The van der Waals surface area contributed by atoms with Crippen molar-refractivity contribution in [3.63, 3.8) is 0 Å². The topological polar surface area (TPSA) is 78.3 Å². The highest BCUT2D eigenvalue weighted by molar-refractivity contribution is 7.15. The van der Waals surface area contributed by atoms with Crippen LogP contribution in [0.4, 0.5) is 5.95 Å². The van der Waals surface area contributed by atoms with Gasteiger partial charge in [-0.1, -0.05) is 6.92 Å². The van der Waals surface area contributed by atoms with E-state index in [1.807, 2.05) is 30.1 Å². The van der Waals surface area contributed by atoms with Crippen LogP contribution in [0.1, 0.15) is 35.8 Å². The Morgan fingerprint density at radius 2 is 2.14 bits per heavy atom.